The first kappa shape index (κ1) is 29.2. The lowest BCUT2D eigenvalue weighted by molar-refractivity contribution is -0.140. The van der Waals surface area contributed by atoms with Crippen LogP contribution >= 0.6 is 0 Å². The van der Waals surface area contributed by atoms with Crippen molar-refractivity contribution in [2.24, 2.45) is 0 Å². The Morgan fingerprint density at radius 3 is 2.28 bits per heavy atom. The topological polar surface area (TPSA) is 86.8 Å². The van der Waals surface area contributed by atoms with Crippen molar-refractivity contribution in [3.63, 3.8) is 0 Å². The lowest BCUT2D eigenvalue weighted by Gasteiger charge is -2.29. The van der Waals surface area contributed by atoms with Gasteiger partial charge in [0.15, 0.2) is 11.6 Å². The van der Waals surface area contributed by atoms with Gasteiger partial charge in [-0.15, -0.1) is 0 Å². The summed E-state index contributed by atoms with van der Waals surface area (Å²) < 4.78 is 52.5. The highest BCUT2D eigenvalue weighted by Crippen LogP contribution is 2.21. The van der Waals surface area contributed by atoms with Crippen LogP contribution < -0.4 is 9.62 Å². The zero-order valence-corrected chi connectivity index (χ0v) is 22.1. The SMILES string of the molecule is CCCCNC(=O)[C@@H](C)N(Cc1ccc(C)cc1)C(=O)CCCN(c1ccc(F)c(F)c1)S(C)(=O)=O. The van der Waals surface area contributed by atoms with Crippen molar-refractivity contribution in [1.29, 1.82) is 0 Å². The third-order valence-corrected chi connectivity index (χ3v) is 7.01. The first-order chi connectivity index (χ1) is 16.9. The predicted molar refractivity (Wildman–Crippen MR) is 137 cm³/mol. The van der Waals surface area contributed by atoms with Crippen LogP contribution in [0.25, 0.3) is 0 Å². The molecule has 2 amide bonds. The average molecular weight is 524 g/mol. The molecule has 10 heteroatoms. The first-order valence-corrected chi connectivity index (χ1v) is 13.8. The van der Waals surface area contributed by atoms with Gasteiger partial charge < -0.3 is 10.2 Å². The second-order valence-electron chi connectivity index (χ2n) is 8.86. The molecule has 0 spiro atoms. The van der Waals surface area contributed by atoms with Crippen LogP contribution in [0, 0.1) is 18.6 Å². The van der Waals surface area contributed by atoms with E-state index in [1.807, 2.05) is 38.1 Å². The lowest BCUT2D eigenvalue weighted by atomic mass is 10.1. The molecular weight excluding hydrogens is 488 g/mol. The van der Waals surface area contributed by atoms with Gasteiger partial charge in [-0.25, -0.2) is 17.2 Å². The van der Waals surface area contributed by atoms with Gasteiger partial charge in [-0.1, -0.05) is 43.2 Å². The Bertz CT molecular complexity index is 1140. The third kappa shape index (κ3) is 8.58. The fraction of sp³-hybridized carbons (Fsp3) is 0.462. The van der Waals surface area contributed by atoms with Crippen LogP contribution in [0.3, 0.4) is 0 Å². The summed E-state index contributed by atoms with van der Waals surface area (Å²) >= 11 is 0. The zero-order valence-electron chi connectivity index (χ0n) is 21.3. The van der Waals surface area contributed by atoms with Crippen LogP contribution in [0.4, 0.5) is 14.5 Å². The molecule has 0 aliphatic rings. The average Bonchev–Trinajstić information content (AvgIpc) is 2.82. The van der Waals surface area contributed by atoms with E-state index in [0.29, 0.717) is 6.54 Å². The lowest BCUT2D eigenvalue weighted by Crippen LogP contribution is -2.48. The highest BCUT2D eigenvalue weighted by molar-refractivity contribution is 7.92. The van der Waals surface area contributed by atoms with Gasteiger partial charge in [0.05, 0.1) is 11.9 Å². The zero-order chi connectivity index (χ0) is 26.9. The maximum absolute atomic E-state index is 13.7. The molecule has 0 bridgehead atoms. The van der Waals surface area contributed by atoms with Gasteiger partial charge in [0.2, 0.25) is 21.8 Å². The summed E-state index contributed by atoms with van der Waals surface area (Å²) in [7, 11) is -3.81. The van der Waals surface area contributed by atoms with Crippen molar-refractivity contribution in [2.45, 2.75) is 59.0 Å². The Hall–Kier alpha value is -3.01. The van der Waals surface area contributed by atoms with Crippen LogP contribution in [-0.2, 0) is 26.2 Å². The summed E-state index contributed by atoms with van der Waals surface area (Å²) in [6, 6.07) is 9.75. The normalized spacial score (nSPS) is 12.2. The van der Waals surface area contributed by atoms with Crippen molar-refractivity contribution in [1.82, 2.24) is 10.2 Å². The summed E-state index contributed by atoms with van der Waals surface area (Å²) in [5.41, 5.74) is 1.91. The molecular formula is C26H35F2N3O4S. The molecule has 0 aromatic heterocycles. The van der Waals surface area contributed by atoms with Crippen molar-refractivity contribution < 1.29 is 26.8 Å². The minimum atomic E-state index is -3.81. The highest BCUT2D eigenvalue weighted by Gasteiger charge is 2.26. The fourth-order valence-corrected chi connectivity index (χ4v) is 4.61. The number of anilines is 1. The Balaban J connectivity index is 2.15. The number of nitrogens with zero attached hydrogens (tertiary/aromatic N) is 2. The van der Waals surface area contributed by atoms with Crippen LogP contribution in [0.1, 0.15) is 50.7 Å². The minimum absolute atomic E-state index is 0.0240. The Labute approximate surface area is 212 Å². The molecule has 0 heterocycles. The number of rotatable bonds is 13. The van der Waals surface area contributed by atoms with Crippen molar-refractivity contribution in [3.8, 4) is 0 Å². The molecule has 2 aromatic rings. The van der Waals surface area contributed by atoms with E-state index in [2.05, 4.69) is 5.32 Å². The summed E-state index contributed by atoms with van der Waals surface area (Å²) in [5, 5.41) is 2.85. The number of hydrogen-bond acceptors (Lipinski definition) is 4. The molecule has 36 heavy (non-hydrogen) atoms. The van der Waals surface area contributed by atoms with Gasteiger partial charge in [-0.05, 0) is 44.4 Å². The molecule has 0 unspecified atom stereocenters. The van der Waals surface area contributed by atoms with Gasteiger partial charge in [0, 0.05) is 32.1 Å². The standard InChI is InChI=1S/C26H35F2N3O4S/c1-5-6-15-29-26(33)20(3)30(18-21-11-9-19(2)10-12-21)25(32)8-7-16-31(36(4,34)35)22-13-14-23(27)24(28)17-22/h9-14,17,20H,5-8,15-16,18H2,1-4H3,(H,29,33)/t20-/m1/s1. The number of halogens is 2. The summed E-state index contributed by atoms with van der Waals surface area (Å²) in [6.45, 7) is 6.27. The molecule has 7 nitrogen and oxygen atoms in total. The van der Waals surface area contributed by atoms with Gasteiger partial charge in [0.1, 0.15) is 6.04 Å². The number of nitrogens with one attached hydrogen (secondary N) is 1. The van der Waals surface area contributed by atoms with Gasteiger partial charge >= 0.3 is 0 Å². The Morgan fingerprint density at radius 1 is 1.03 bits per heavy atom. The fourth-order valence-electron chi connectivity index (χ4n) is 3.65. The highest BCUT2D eigenvalue weighted by atomic mass is 32.2. The molecule has 0 aliphatic carbocycles. The van der Waals surface area contributed by atoms with Crippen LogP contribution in [0.5, 0.6) is 0 Å². The number of sulfonamides is 1. The number of benzene rings is 2. The third-order valence-electron chi connectivity index (χ3n) is 5.81. The van der Waals surface area contributed by atoms with Gasteiger partial charge in [0.25, 0.3) is 0 Å². The number of carbonyl (C=O) groups excluding carboxylic acids is 2. The Morgan fingerprint density at radius 2 is 1.69 bits per heavy atom. The second kappa shape index (κ2) is 13.3. The number of hydrogen-bond donors (Lipinski definition) is 1. The number of unbranched alkanes of at least 4 members (excludes halogenated alkanes) is 1. The second-order valence-corrected chi connectivity index (χ2v) is 10.8. The number of amides is 2. The number of aryl methyl sites for hydroxylation is 1. The predicted octanol–water partition coefficient (Wildman–Crippen LogP) is 4.15. The molecule has 0 saturated heterocycles. The largest absolute Gasteiger partial charge is 0.354 e. The van der Waals surface area contributed by atoms with E-state index in [1.165, 1.54) is 11.0 Å². The van der Waals surface area contributed by atoms with E-state index in [4.69, 9.17) is 0 Å². The summed E-state index contributed by atoms with van der Waals surface area (Å²) in [5.74, 6) is -2.82. The van der Waals surface area contributed by atoms with Gasteiger partial charge in [-0.2, -0.15) is 0 Å². The molecule has 0 fully saturated rings. The molecule has 0 saturated carbocycles. The van der Waals surface area contributed by atoms with E-state index < -0.39 is 27.7 Å². The van der Waals surface area contributed by atoms with E-state index in [0.717, 1.165) is 46.7 Å². The minimum Gasteiger partial charge on any atom is -0.354 e. The maximum Gasteiger partial charge on any atom is 0.242 e. The summed E-state index contributed by atoms with van der Waals surface area (Å²) in [4.78, 5) is 27.4. The van der Waals surface area contributed by atoms with Crippen LogP contribution in [0.2, 0.25) is 0 Å². The smallest absolute Gasteiger partial charge is 0.242 e. The van der Waals surface area contributed by atoms with E-state index in [9.17, 15) is 26.8 Å². The summed E-state index contributed by atoms with van der Waals surface area (Å²) in [6.07, 6.45) is 2.81. The van der Waals surface area contributed by atoms with Crippen molar-refractivity contribution in [3.05, 3.63) is 65.2 Å². The van der Waals surface area contributed by atoms with E-state index in [-0.39, 0.29) is 43.4 Å². The molecule has 198 valence electrons. The Kier molecular flexibility index (Phi) is 10.8. The molecule has 0 radical (unpaired) electrons. The molecule has 0 aliphatic heterocycles. The molecule has 2 rings (SSSR count). The molecule has 1 atom stereocenters. The van der Waals surface area contributed by atoms with Crippen LogP contribution in [-0.4, -0.2) is 50.5 Å². The van der Waals surface area contributed by atoms with Crippen molar-refractivity contribution in [2.75, 3.05) is 23.7 Å². The van der Waals surface area contributed by atoms with Crippen molar-refractivity contribution >= 4 is 27.5 Å². The van der Waals surface area contributed by atoms with Gasteiger partial charge in [-0.3, -0.25) is 13.9 Å². The quantitative estimate of drug-likeness (QED) is 0.400. The monoisotopic (exact) mass is 523 g/mol. The number of carbonyl (C=O) groups is 2. The molecule has 2 aromatic carbocycles. The van der Waals surface area contributed by atoms with Crippen LogP contribution in [0.15, 0.2) is 42.5 Å². The maximum atomic E-state index is 13.7. The first-order valence-electron chi connectivity index (χ1n) is 12.0. The molecule has 1 N–H and O–H groups in total. The van der Waals surface area contributed by atoms with E-state index >= 15 is 0 Å². The van der Waals surface area contributed by atoms with E-state index in [1.54, 1.807) is 6.92 Å².